The summed E-state index contributed by atoms with van der Waals surface area (Å²) in [7, 11) is 0. The predicted molar refractivity (Wildman–Crippen MR) is 69.3 cm³/mol. The number of nitrogens with zero attached hydrogens (tertiary/aromatic N) is 3. The molecule has 4 nitrogen and oxygen atoms in total. The third kappa shape index (κ3) is 2.14. The standard InChI is InChI=1S/C11H17BrN4/c1-7(2)8-3-4-16(5-8)11-9(12)10(13)14-6-15-11/h6-8H,3-5H2,1-2H3,(H2,13,14,15). The van der Waals surface area contributed by atoms with E-state index in [9.17, 15) is 0 Å². The first-order chi connectivity index (χ1) is 7.59. The summed E-state index contributed by atoms with van der Waals surface area (Å²) in [6, 6.07) is 0. The van der Waals surface area contributed by atoms with Crippen LogP contribution in [-0.2, 0) is 0 Å². The molecule has 88 valence electrons. The van der Waals surface area contributed by atoms with E-state index in [4.69, 9.17) is 5.73 Å². The molecule has 2 heterocycles. The molecule has 2 rings (SSSR count). The number of rotatable bonds is 2. The molecular formula is C11H17BrN4. The molecule has 0 aromatic carbocycles. The van der Waals surface area contributed by atoms with Crippen molar-refractivity contribution in [1.82, 2.24) is 9.97 Å². The van der Waals surface area contributed by atoms with Crippen molar-refractivity contribution in [3.05, 3.63) is 10.8 Å². The summed E-state index contributed by atoms with van der Waals surface area (Å²) in [5.74, 6) is 2.92. The highest BCUT2D eigenvalue weighted by Crippen LogP contribution is 2.33. The Balaban J connectivity index is 2.17. The van der Waals surface area contributed by atoms with Crippen LogP contribution in [0.15, 0.2) is 10.8 Å². The zero-order valence-electron chi connectivity index (χ0n) is 9.65. The molecule has 0 radical (unpaired) electrons. The average Bonchev–Trinajstić information content (AvgIpc) is 2.71. The molecule has 1 aliphatic rings. The maximum absolute atomic E-state index is 5.76. The molecule has 5 heteroatoms. The van der Waals surface area contributed by atoms with E-state index in [1.54, 1.807) is 0 Å². The lowest BCUT2D eigenvalue weighted by Gasteiger charge is -2.20. The zero-order chi connectivity index (χ0) is 11.7. The minimum absolute atomic E-state index is 0.512. The van der Waals surface area contributed by atoms with Crippen molar-refractivity contribution < 1.29 is 0 Å². The lowest BCUT2D eigenvalue weighted by molar-refractivity contribution is 0.422. The quantitative estimate of drug-likeness (QED) is 0.906. The van der Waals surface area contributed by atoms with Crippen LogP contribution in [0.4, 0.5) is 11.6 Å². The van der Waals surface area contributed by atoms with Crippen molar-refractivity contribution in [3.8, 4) is 0 Å². The number of aromatic nitrogens is 2. The van der Waals surface area contributed by atoms with Gasteiger partial charge in [-0.15, -0.1) is 0 Å². The van der Waals surface area contributed by atoms with Crippen molar-refractivity contribution in [2.24, 2.45) is 11.8 Å². The van der Waals surface area contributed by atoms with Gasteiger partial charge >= 0.3 is 0 Å². The molecular weight excluding hydrogens is 268 g/mol. The number of hydrogen-bond acceptors (Lipinski definition) is 4. The highest BCUT2D eigenvalue weighted by molar-refractivity contribution is 9.10. The molecule has 1 unspecified atom stereocenters. The van der Waals surface area contributed by atoms with Crippen LogP contribution in [0.1, 0.15) is 20.3 Å². The fourth-order valence-electron chi connectivity index (χ4n) is 2.12. The topological polar surface area (TPSA) is 55.0 Å². The molecule has 16 heavy (non-hydrogen) atoms. The summed E-state index contributed by atoms with van der Waals surface area (Å²) < 4.78 is 0.819. The monoisotopic (exact) mass is 284 g/mol. The minimum Gasteiger partial charge on any atom is -0.383 e. The maximum atomic E-state index is 5.76. The number of anilines is 2. The largest absolute Gasteiger partial charge is 0.383 e. The first kappa shape index (κ1) is 11.6. The van der Waals surface area contributed by atoms with Crippen LogP contribution < -0.4 is 10.6 Å². The molecule has 0 bridgehead atoms. The Morgan fingerprint density at radius 2 is 2.25 bits per heavy atom. The van der Waals surface area contributed by atoms with Crippen LogP contribution in [0.25, 0.3) is 0 Å². The Labute approximate surface area is 104 Å². The first-order valence-corrected chi connectivity index (χ1v) is 6.39. The number of halogens is 1. The summed E-state index contributed by atoms with van der Waals surface area (Å²) in [6.07, 6.45) is 2.76. The van der Waals surface area contributed by atoms with Gasteiger partial charge in [-0.3, -0.25) is 0 Å². The van der Waals surface area contributed by atoms with Crippen molar-refractivity contribution in [2.45, 2.75) is 20.3 Å². The SMILES string of the molecule is CC(C)C1CCN(c2ncnc(N)c2Br)C1. The van der Waals surface area contributed by atoms with Gasteiger partial charge in [0.05, 0.1) is 0 Å². The maximum Gasteiger partial charge on any atom is 0.148 e. The molecule has 1 aliphatic heterocycles. The van der Waals surface area contributed by atoms with E-state index >= 15 is 0 Å². The van der Waals surface area contributed by atoms with Crippen LogP contribution in [-0.4, -0.2) is 23.1 Å². The Kier molecular flexibility index (Phi) is 3.33. The van der Waals surface area contributed by atoms with E-state index in [0.29, 0.717) is 5.82 Å². The normalized spacial score (nSPS) is 20.8. The molecule has 1 aromatic heterocycles. The summed E-state index contributed by atoms with van der Waals surface area (Å²) in [5, 5.41) is 0. The second kappa shape index (κ2) is 4.57. The highest BCUT2D eigenvalue weighted by atomic mass is 79.9. The van der Waals surface area contributed by atoms with E-state index in [1.165, 1.54) is 12.7 Å². The summed E-state index contributed by atoms with van der Waals surface area (Å²) in [5.41, 5.74) is 5.76. The van der Waals surface area contributed by atoms with E-state index < -0.39 is 0 Å². The Bertz CT molecular complexity index is 380. The molecule has 0 aliphatic carbocycles. The molecule has 1 fully saturated rings. The average molecular weight is 285 g/mol. The van der Waals surface area contributed by atoms with Gasteiger partial charge in [0.25, 0.3) is 0 Å². The fourth-order valence-corrected chi connectivity index (χ4v) is 2.57. The molecule has 0 spiro atoms. The molecule has 0 amide bonds. The van der Waals surface area contributed by atoms with Gasteiger partial charge in [-0.25, -0.2) is 9.97 Å². The third-order valence-corrected chi connectivity index (χ3v) is 4.03. The smallest absolute Gasteiger partial charge is 0.148 e. The molecule has 1 aromatic rings. The summed E-state index contributed by atoms with van der Waals surface area (Å²) in [4.78, 5) is 10.5. The van der Waals surface area contributed by atoms with Crippen molar-refractivity contribution in [2.75, 3.05) is 23.7 Å². The van der Waals surface area contributed by atoms with Crippen LogP contribution >= 0.6 is 15.9 Å². The Morgan fingerprint density at radius 1 is 1.50 bits per heavy atom. The predicted octanol–water partition coefficient (Wildman–Crippen LogP) is 2.30. The second-order valence-electron chi connectivity index (χ2n) is 4.64. The highest BCUT2D eigenvalue weighted by Gasteiger charge is 2.27. The lowest BCUT2D eigenvalue weighted by atomic mass is 9.95. The fraction of sp³-hybridized carbons (Fsp3) is 0.636. The molecule has 0 saturated carbocycles. The number of nitrogens with two attached hydrogens (primary N) is 1. The van der Waals surface area contributed by atoms with Crippen molar-refractivity contribution in [3.63, 3.8) is 0 Å². The zero-order valence-corrected chi connectivity index (χ0v) is 11.2. The Morgan fingerprint density at radius 3 is 2.88 bits per heavy atom. The summed E-state index contributed by atoms with van der Waals surface area (Å²) in [6.45, 7) is 6.67. The van der Waals surface area contributed by atoms with Gasteiger partial charge in [0, 0.05) is 13.1 Å². The van der Waals surface area contributed by atoms with Gasteiger partial charge in [0.2, 0.25) is 0 Å². The van der Waals surface area contributed by atoms with Gasteiger partial charge in [0.15, 0.2) is 0 Å². The third-order valence-electron chi connectivity index (χ3n) is 3.27. The van der Waals surface area contributed by atoms with E-state index in [2.05, 4.69) is 44.6 Å². The van der Waals surface area contributed by atoms with Crippen molar-refractivity contribution in [1.29, 1.82) is 0 Å². The van der Waals surface area contributed by atoms with Gasteiger partial charge in [-0.2, -0.15) is 0 Å². The van der Waals surface area contributed by atoms with Gasteiger partial charge in [0.1, 0.15) is 22.4 Å². The van der Waals surface area contributed by atoms with E-state index in [-0.39, 0.29) is 0 Å². The lowest BCUT2D eigenvalue weighted by Crippen LogP contribution is -2.23. The summed E-state index contributed by atoms with van der Waals surface area (Å²) >= 11 is 3.46. The van der Waals surface area contributed by atoms with Crippen LogP contribution in [0.2, 0.25) is 0 Å². The van der Waals surface area contributed by atoms with Gasteiger partial charge < -0.3 is 10.6 Å². The van der Waals surface area contributed by atoms with Crippen LogP contribution in [0.5, 0.6) is 0 Å². The molecule has 1 saturated heterocycles. The van der Waals surface area contributed by atoms with Gasteiger partial charge in [-0.1, -0.05) is 13.8 Å². The molecule has 2 N–H and O–H groups in total. The number of hydrogen-bond donors (Lipinski definition) is 1. The first-order valence-electron chi connectivity index (χ1n) is 5.60. The number of nitrogen functional groups attached to an aromatic ring is 1. The van der Waals surface area contributed by atoms with Gasteiger partial charge in [-0.05, 0) is 34.2 Å². The van der Waals surface area contributed by atoms with Crippen LogP contribution in [0.3, 0.4) is 0 Å². The molecule has 1 atom stereocenters. The van der Waals surface area contributed by atoms with Crippen LogP contribution in [0, 0.1) is 11.8 Å². The van der Waals surface area contributed by atoms with E-state index in [1.807, 2.05) is 0 Å². The second-order valence-corrected chi connectivity index (χ2v) is 5.43. The van der Waals surface area contributed by atoms with E-state index in [0.717, 1.165) is 35.2 Å². The minimum atomic E-state index is 0.512. The van der Waals surface area contributed by atoms with Crippen molar-refractivity contribution >= 4 is 27.6 Å². The Hall–Kier alpha value is -0.840.